The van der Waals surface area contributed by atoms with Gasteiger partial charge >= 0.3 is 0 Å². The number of allylic oxidation sites excluding steroid dienone is 4. The molecule has 1 aliphatic rings. The Balaban J connectivity index is 2.40. The predicted molar refractivity (Wildman–Crippen MR) is 256 cm³/mol. The number of ether oxygens (including phenoxy) is 2. The van der Waals surface area contributed by atoms with Crippen LogP contribution in [0.1, 0.15) is 232 Å². The standard InChI is InChI=1S/C52H99NO10/c1-3-5-7-9-11-13-15-17-19-21-22-23-24-26-28-30-32-34-36-38-40-45(56)51(61)53-43(42-62-52-50(60)49(59)48(58)46(41-54)63-52)47(57)44(55)39-37-35-33-31-29-27-25-20-18-16-14-12-10-8-6-4-2/h23-24,31,33,43-50,52,54-60H,3-22,25-30,32,34-42H2,1-2H3,(H,53,61)/b24-23-,33-31+. The highest BCUT2D eigenvalue weighted by atomic mass is 16.7. The molecule has 11 nitrogen and oxygen atoms in total. The van der Waals surface area contributed by atoms with Crippen molar-refractivity contribution in [2.24, 2.45) is 0 Å². The van der Waals surface area contributed by atoms with Gasteiger partial charge in [0.25, 0.3) is 0 Å². The largest absolute Gasteiger partial charge is 0.394 e. The van der Waals surface area contributed by atoms with Crippen LogP contribution in [0.3, 0.4) is 0 Å². The Morgan fingerprint density at radius 2 is 0.937 bits per heavy atom. The summed E-state index contributed by atoms with van der Waals surface area (Å²) in [6.07, 6.45) is 36.5. The Hall–Kier alpha value is -1.41. The zero-order valence-corrected chi connectivity index (χ0v) is 40.3. The van der Waals surface area contributed by atoms with Gasteiger partial charge in [-0.1, -0.05) is 192 Å². The molecule has 9 atom stereocenters. The van der Waals surface area contributed by atoms with Crippen LogP contribution in [0.15, 0.2) is 24.3 Å². The number of aliphatic hydroxyl groups excluding tert-OH is 7. The third kappa shape index (κ3) is 31.2. The molecule has 0 saturated carbocycles. The summed E-state index contributed by atoms with van der Waals surface area (Å²) in [5.74, 6) is -0.710. The molecule has 0 aromatic rings. The van der Waals surface area contributed by atoms with Crippen molar-refractivity contribution in [3.63, 3.8) is 0 Å². The second-order valence-corrected chi connectivity index (χ2v) is 18.6. The van der Waals surface area contributed by atoms with Crippen LogP contribution >= 0.6 is 0 Å². The van der Waals surface area contributed by atoms with Crippen LogP contribution in [-0.4, -0.2) is 110 Å². The van der Waals surface area contributed by atoms with Crippen molar-refractivity contribution in [3.8, 4) is 0 Å². The average molecular weight is 898 g/mol. The van der Waals surface area contributed by atoms with Gasteiger partial charge in [0.1, 0.15) is 36.6 Å². The smallest absolute Gasteiger partial charge is 0.249 e. The van der Waals surface area contributed by atoms with Crippen LogP contribution in [0, 0.1) is 0 Å². The average Bonchev–Trinajstić information content (AvgIpc) is 3.28. The van der Waals surface area contributed by atoms with E-state index in [4.69, 9.17) is 9.47 Å². The number of unbranched alkanes of at least 4 members (excludes halogenated alkanes) is 28. The summed E-state index contributed by atoms with van der Waals surface area (Å²) in [7, 11) is 0. The second-order valence-electron chi connectivity index (χ2n) is 18.6. The quantitative estimate of drug-likeness (QED) is 0.0216. The lowest BCUT2D eigenvalue weighted by atomic mass is 9.98. The van der Waals surface area contributed by atoms with Gasteiger partial charge in [-0.25, -0.2) is 0 Å². The normalized spacial score (nSPS) is 21.3. The van der Waals surface area contributed by atoms with Gasteiger partial charge in [-0.05, 0) is 64.2 Å². The van der Waals surface area contributed by atoms with Crippen LogP contribution in [-0.2, 0) is 14.3 Å². The van der Waals surface area contributed by atoms with E-state index in [-0.39, 0.29) is 12.8 Å². The highest BCUT2D eigenvalue weighted by Gasteiger charge is 2.44. The summed E-state index contributed by atoms with van der Waals surface area (Å²) < 4.78 is 11.1. The van der Waals surface area contributed by atoms with E-state index in [0.717, 1.165) is 57.8 Å². The minimum absolute atomic E-state index is 0.248. The molecule has 1 saturated heterocycles. The fourth-order valence-corrected chi connectivity index (χ4v) is 8.38. The molecule has 8 N–H and O–H groups in total. The minimum atomic E-state index is -1.67. The van der Waals surface area contributed by atoms with E-state index in [2.05, 4.69) is 43.5 Å². The van der Waals surface area contributed by atoms with E-state index < -0.39 is 74.2 Å². The number of hydrogen-bond acceptors (Lipinski definition) is 10. The number of nitrogens with one attached hydrogen (secondary N) is 1. The monoisotopic (exact) mass is 898 g/mol. The number of hydrogen-bond donors (Lipinski definition) is 8. The molecule has 1 amide bonds. The molecule has 372 valence electrons. The summed E-state index contributed by atoms with van der Waals surface area (Å²) in [6.45, 7) is 3.44. The van der Waals surface area contributed by atoms with Gasteiger partial charge < -0.3 is 50.5 Å². The maximum absolute atomic E-state index is 13.1. The Morgan fingerprint density at radius 1 is 0.540 bits per heavy atom. The third-order valence-corrected chi connectivity index (χ3v) is 12.7. The first-order valence-corrected chi connectivity index (χ1v) is 26.2. The van der Waals surface area contributed by atoms with Crippen LogP contribution in [0.5, 0.6) is 0 Å². The second kappa shape index (κ2) is 42.0. The lowest BCUT2D eigenvalue weighted by Gasteiger charge is -2.40. The zero-order valence-electron chi connectivity index (χ0n) is 40.3. The Morgan fingerprint density at radius 3 is 1.37 bits per heavy atom. The zero-order chi connectivity index (χ0) is 46.2. The molecule has 9 unspecified atom stereocenters. The number of carbonyl (C=O) groups is 1. The molecule has 11 heteroatoms. The predicted octanol–water partition coefficient (Wildman–Crippen LogP) is 9.79. The number of carbonyl (C=O) groups excluding carboxylic acids is 1. The first-order chi connectivity index (χ1) is 30.7. The van der Waals surface area contributed by atoms with Crippen molar-refractivity contribution >= 4 is 5.91 Å². The van der Waals surface area contributed by atoms with Crippen molar-refractivity contribution in [1.82, 2.24) is 5.32 Å². The third-order valence-electron chi connectivity index (χ3n) is 12.7. The summed E-state index contributed by atoms with van der Waals surface area (Å²) in [4.78, 5) is 13.1. The van der Waals surface area contributed by atoms with E-state index >= 15 is 0 Å². The topological polar surface area (TPSA) is 189 Å². The first kappa shape index (κ1) is 59.6. The van der Waals surface area contributed by atoms with Crippen molar-refractivity contribution in [2.45, 2.75) is 287 Å². The summed E-state index contributed by atoms with van der Waals surface area (Å²) in [5, 5.41) is 75.9. The van der Waals surface area contributed by atoms with Gasteiger partial charge in [-0.2, -0.15) is 0 Å². The molecule has 0 bridgehead atoms. The highest BCUT2D eigenvalue weighted by Crippen LogP contribution is 2.23. The Bertz CT molecular complexity index is 1080. The minimum Gasteiger partial charge on any atom is -0.394 e. The highest BCUT2D eigenvalue weighted by molar-refractivity contribution is 5.80. The van der Waals surface area contributed by atoms with E-state index in [9.17, 15) is 40.5 Å². The lowest BCUT2D eigenvalue weighted by Crippen LogP contribution is -2.60. The molecular formula is C52H99NO10. The van der Waals surface area contributed by atoms with Crippen LogP contribution < -0.4 is 5.32 Å². The molecular weight excluding hydrogens is 799 g/mol. The fraction of sp³-hybridized carbons (Fsp3) is 0.904. The Labute approximate surface area is 384 Å². The van der Waals surface area contributed by atoms with Gasteiger partial charge in [0.2, 0.25) is 5.91 Å². The van der Waals surface area contributed by atoms with Crippen LogP contribution in [0.4, 0.5) is 0 Å². The maximum Gasteiger partial charge on any atom is 0.249 e. The number of amides is 1. The summed E-state index contributed by atoms with van der Waals surface area (Å²) >= 11 is 0. The summed E-state index contributed by atoms with van der Waals surface area (Å²) in [6, 6.07) is -1.19. The molecule has 0 aliphatic carbocycles. The molecule has 63 heavy (non-hydrogen) atoms. The van der Waals surface area contributed by atoms with Crippen molar-refractivity contribution in [1.29, 1.82) is 0 Å². The van der Waals surface area contributed by atoms with E-state index in [1.54, 1.807) is 0 Å². The van der Waals surface area contributed by atoms with Crippen LogP contribution in [0.25, 0.3) is 0 Å². The molecule has 0 spiro atoms. The number of rotatable bonds is 44. The molecule has 0 radical (unpaired) electrons. The van der Waals surface area contributed by atoms with Gasteiger partial charge in [0.05, 0.1) is 25.4 Å². The molecule has 1 aliphatic heterocycles. The van der Waals surface area contributed by atoms with Gasteiger partial charge in [-0.3, -0.25) is 4.79 Å². The fourth-order valence-electron chi connectivity index (χ4n) is 8.38. The van der Waals surface area contributed by atoms with E-state index in [1.165, 1.54) is 135 Å². The van der Waals surface area contributed by atoms with Gasteiger partial charge in [0.15, 0.2) is 6.29 Å². The first-order valence-electron chi connectivity index (χ1n) is 26.2. The van der Waals surface area contributed by atoms with Crippen LogP contribution in [0.2, 0.25) is 0 Å². The molecule has 1 heterocycles. The van der Waals surface area contributed by atoms with E-state index in [1.807, 2.05) is 0 Å². The molecule has 0 aromatic carbocycles. The molecule has 1 rings (SSSR count). The van der Waals surface area contributed by atoms with Gasteiger partial charge in [-0.15, -0.1) is 0 Å². The van der Waals surface area contributed by atoms with E-state index in [0.29, 0.717) is 12.8 Å². The summed E-state index contributed by atoms with van der Waals surface area (Å²) in [5.41, 5.74) is 0. The Kier molecular flexibility index (Phi) is 39.7. The van der Waals surface area contributed by atoms with Gasteiger partial charge in [0, 0.05) is 0 Å². The SMILES string of the molecule is CCCCCCCCCCCC/C=C\CCCCCCCCC(O)C(=O)NC(COC1OC(CO)C(O)C(O)C1O)C(O)C(O)CCC/C=C/CCCCCCCCCCCCC. The van der Waals surface area contributed by atoms with Crippen molar-refractivity contribution in [2.75, 3.05) is 13.2 Å². The number of aliphatic hydroxyl groups is 7. The molecule has 0 aromatic heterocycles. The van der Waals surface area contributed by atoms with Crippen molar-refractivity contribution < 1.29 is 50.0 Å². The lowest BCUT2D eigenvalue weighted by molar-refractivity contribution is -0.303. The molecule has 1 fully saturated rings. The van der Waals surface area contributed by atoms with Crippen molar-refractivity contribution in [3.05, 3.63) is 24.3 Å². The maximum atomic E-state index is 13.1.